The van der Waals surface area contributed by atoms with E-state index in [1.807, 2.05) is 12.1 Å². The van der Waals surface area contributed by atoms with E-state index in [1.54, 1.807) is 6.92 Å². The number of hydrogen-bond donors (Lipinski definition) is 1. The number of rotatable bonds is 2. The Balaban J connectivity index is 2.17. The lowest BCUT2D eigenvalue weighted by Gasteiger charge is -2.24. The normalized spacial score (nSPS) is 22.7. The van der Waals surface area contributed by atoms with Crippen molar-refractivity contribution in [1.29, 1.82) is 0 Å². The van der Waals surface area contributed by atoms with E-state index < -0.39 is 6.10 Å². The zero-order valence-corrected chi connectivity index (χ0v) is 12.8. The van der Waals surface area contributed by atoms with Crippen LogP contribution in [-0.2, 0) is 0 Å². The SMILES string of the molecule is CC1CCCN(c2ccc([C@H](C)O)cc2Br)CC1. The van der Waals surface area contributed by atoms with Gasteiger partial charge in [-0.3, -0.25) is 0 Å². The van der Waals surface area contributed by atoms with Crippen molar-refractivity contribution in [3.05, 3.63) is 28.2 Å². The first-order chi connectivity index (χ1) is 8.58. The summed E-state index contributed by atoms with van der Waals surface area (Å²) in [6.45, 7) is 6.41. The van der Waals surface area contributed by atoms with E-state index in [1.165, 1.54) is 24.9 Å². The highest BCUT2D eigenvalue weighted by molar-refractivity contribution is 9.10. The van der Waals surface area contributed by atoms with Gasteiger partial charge in [0.25, 0.3) is 0 Å². The molecule has 0 aromatic heterocycles. The van der Waals surface area contributed by atoms with Gasteiger partial charge in [-0.25, -0.2) is 0 Å². The molecule has 0 bridgehead atoms. The molecule has 2 atom stereocenters. The molecule has 2 nitrogen and oxygen atoms in total. The summed E-state index contributed by atoms with van der Waals surface area (Å²) < 4.78 is 1.09. The number of anilines is 1. The molecule has 18 heavy (non-hydrogen) atoms. The molecule has 100 valence electrons. The average molecular weight is 312 g/mol. The molecule has 3 heteroatoms. The van der Waals surface area contributed by atoms with Crippen molar-refractivity contribution in [3.8, 4) is 0 Å². The van der Waals surface area contributed by atoms with Crippen LogP contribution in [0.25, 0.3) is 0 Å². The van der Waals surface area contributed by atoms with Crippen LogP contribution in [0.15, 0.2) is 22.7 Å². The van der Waals surface area contributed by atoms with E-state index in [-0.39, 0.29) is 0 Å². The van der Waals surface area contributed by atoms with Crippen LogP contribution in [0.2, 0.25) is 0 Å². The Kier molecular flexibility index (Phi) is 4.68. The smallest absolute Gasteiger partial charge is 0.0762 e. The van der Waals surface area contributed by atoms with E-state index in [0.717, 1.165) is 29.0 Å². The predicted molar refractivity (Wildman–Crippen MR) is 80.0 cm³/mol. The summed E-state index contributed by atoms with van der Waals surface area (Å²) in [7, 11) is 0. The third-order valence-corrected chi connectivity index (χ3v) is 4.45. The zero-order valence-electron chi connectivity index (χ0n) is 11.2. The zero-order chi connectivity index (χ0) is 13.1. The highest BCUT2D eigenvalue weighted by atomic mass is 79.9. The first-order valence-corrected chi connectivity index (χ1v) is 7.59. The van der Waals surface area contributed by atoms with Crippen molar-refractivity contribution in [2.45, 2.75) is 39.2 Å². The third-order valence-electron chi connectivity index (χ3n) is 3.81. The largest absolute Gasteiger partial charge is 0.389 e. The van der Waals surface area contributed by atoms with Gasteiger partial charge in [0.05, 0.1) is 11.8 Å². The summed E-state index contributed by atoms with van der Waals surface area (Å²) in [5.74, 6) is 0.838. The van der Waals surface area contributed by atoms with Gasteiger partial charge >= 0.3 is 0 Å². The van der Waals surface area contributed by atoms with Crippen LogP contribution >= 0.6 is 15.9 Å². The molecule has 1 unspecified atom stereocenters. The fourth-order valence-electron chi connectivity index (χ4n) is 2.54. The molecule has 0 radical (unpaired) electrons. The van der Waals surface area contributed by atoms with Crippen molar-refractivity contribution in [1.82, 2.24) is 0 Å². The topological polar surface area (TPSA) is 23.5 Å². The highest BCUT2D eigenvalue weighted by Crippen LogP contribution is 2.31. The molecule has 1 aromatic rings. The monoisotopic (exact) mass is 311 g/mol. The number of aliphatic hydroxyl groups is 1. The van der Waals surface area contributed by atoms with Crippen LogP contribution in [0.5, 0.6) is 0 Å². The number of hydrogen-bond acceptors (Lipinski definition) is 2. The van der Waals surface area contributed by atoms with Crippen LogP contribution in [0.1, 0.15) is 44.8 Å². The first-order valence-electron chi connectivity index (χ1n) is 6.80. The Morgan fingerprint density at radius 3 is 2.78 bits per heavy atom. The van der Waals surface area contributed by atoms with Crippen LogP contribution < -0.4 is 4.90 Å². The van der Waals surface area contributed by atoms with Crippen molar-refractivity contribution >= 4 is 21.6 Å². The summed E-state index contributed by atoms with van der Waals surface area (Å²) in [4.78, 5) is 2.46. The Hall–Kier alpha value is -0.540. The maximum absolute atomic E-state index is 9.59. The Morgan fingerprint density at radius 1 is 1.33 bits per heavy atom. The standard InChI is InChI=1S/C15H22BrNO/c1-11-4-3-8-17(9-7-11)15-6-5-13(12(2)18)10-14(15)16/h5-6,10-12,18H,3-4,7-9H2,1-2H3/t11?,12-/m0/s1. The van der Waals surface area contributed by atoms with Crippen LogP contribution in [-0.4, -0.2) is 18.2 Å². The van der Waals surface area contributed by atoms with Crippen molar-refractivity contribution in [2.75, 3.05) is 18.0 Å². The molecule has 0 spiro atoms. The molecule has 1 saturated heterocycles. The van der Waals surface area contributed by atoms with Gasteiger partial charge < -0.3 is 10.0 Å². The van der Waals surface area contributed by atoms with Gasteiger partial charge in [-0.05, 0) is 65.7 Å². The van der Waals surface area contributed by atoms with Gasteiger partial charge in [0.2, 0.25) is 0 Å². The van der Waals surface area contributed by atoms with Gasteiger partial charge in [-0.2, -0.15) is 0 Å². The van der Waals surface area contributed by atoms with E-state index in [4.69, 9.17) is 0 Å². The lowest BCUT2D eigenvalue weighted by Crippen LogP contribution is -2.24. The molecule has 0 aliphatic carbocycles. The molecule has 1 aliphatic heterocycles. The number of aliphatic hydroxyl groups excluding tert-OH is 1. The van der Waals surface area contributed by atoms with Crippen LogP contribution in [0.4, 0.5) is 5.69 Å². The maximum Gasteiger partial charge on any atom is 0.0762 e. The van der Waals surface area contributed by atoms with E-state index in [0.29, 0.717) is 0 Å². The number of benzene rings is 1. The molecule has 1 heterocycles. The highest BCUT2D eigenvalue weighted by Gasteiger charge is 2.16. The van der Waals surface area contributed by atoms with Crippen LogP contribution in [0.3, 0.4) is 0 Å². The Morgan fingerprint density at radius 2 is 2.11 bits per heavy atom. The summed E-state index contributed by atoms with van der Waals surface area (Å²) in [6.07, 6.45) is 3.47. The Labute approximate surface area is 118 Å². The van der Waals surface area contributed by atoms with Gasteiger partial charge in [0, 0.05) is 17.6 Å². The van der Waals surface area contributed by atoms with Crippen molar-refractivity contribution in [3.63, 3.8) is 0 Å². The fraction of sp³-hybridized carbons (Fsp3) is 0.600. The van der Waals surface area contributed by atoms with Gasteiger partial charge in [0.1, 0.15) is 0 Å². The summed E-state index contributed by atoms with van der Waals surface area (Å²) in [5, 5.41) is 9.59. The summed E-state index contributed by atoms with van der Waals surface area (Å²) in [6, 6.07) is 6.19. The summed E-state index contributed by atoms with van der Waals surface area (Å²) in [5.41, 5.74) is 2.22. The van der Waals surface area contributed by atoms with E-state index >= 15 is 0 Å². The minimum Gasteiger partial charge on any atom is -0.389 e. The second-order valence-corrected chi connectivity index (χ2v) is 6.26. The average Bonchev–Trinajstić information content (AvgIpc) is 2.54. The maximum atomic E-state index is 9.59. The van der Waals surface area contributed by atoms with Gasteiger partial charge in [-0.1, -0.05) is 13.0 Å². The van der Waals surface area contributed by atoms with Gasteiger partial charge in [0.15, 0.2) is 0 Å². The molecule has 1 N–H and O–H groups in total. The second-order valence-electron chi connectivity index (χ2n) is 5.41. The predicted octanol–water partition coefficient (Wildman–Crippen LogP) is 4.13. The molecule has 2 rings (SSSR count). The Bertz CT molecular complexity index is 405. The molecular weight excluding hydrogens is 290 g/mol. The van der Waals surface area contributed by atoms with Crippen LogP contribution in [0, 0.1) is 5.92 Å². The molecule has 1 fully saturated rings. The second kappa shape index (κ2) is 6.07. The van der Waals surface area contributed by atoms with Crippen molar-refractivity contribution < 1.29 is 5.11 Å². The molecule has 1 aliphatic rings. The summed E-state index contributed by atoms with van der Waals surface area (Å²) >= 11 is 3.64. The minimum atomic E-state index is -0.403. The van der Waals surface area contributed by atoms with E-state index in [2.05, 4.69) is 33.8 Å². The minimum absolute atomic E-state index is 0.403. The van der Waals surface area contributed by atoms with Gasteiger partial charge in [-0.15, -0.1) is 0 Å². The third kappa shape index (κ3) is 3.27. The lowest BCUT2D eigenvalue weighted by atomic mass is 10.0. The van der Waals surface area contributed by atoms with Crippen molar-refractivity contribution in [2.24, 2.45) is 5.92 Å². The number of nitrogens with zero attached hydrogens (tertiary/aromatic N) is 1. The quantitative estimate of drug-likeness (QED) is 0.887. The number of halogens is 1. The molecule has 0 amide bonds. The van der Waals surface area contributed by atoms with E-state index in [9.17, 15) is 5.11 Å². The molecule has 0 saturated carbocycles. The fourth-order valence-corrected chi connectivity index (χ4v) is 3.19. The molecule has 1 aromatic carbocycles. The first kappa shape index (κ1) is 13.9. The molecular formula is C15H22BrNO. The lowest BCUT2D eigenvalue weighted by molar-refractivity contribution is 0.199.